The second kappa shape index (κ2) is 2.74. The number of hydrogen-bond acceptors (Lipinski definition) is 4. The first-order chi connectivity index (χ1) is 6.17. The van der Waals surface area contributed by atoms with Gasteiger partial charge >= 0.3 is 0 Å². The molecule has 1 unspecified atom stereocenters. The molecular formula is C9H10N4. The summed E-state index contributed by atoms with van der Waals surface area (Å²) in [7, 11) is 0. The number of aromatic nitrogens is 1. The summed E-state index contributed by atoms with van der Waals surface area (Å²) in [6.45, 7) is 1.84. The van der Waals surface area contributed by atoms with Gasteiger partial charge in [0.1, 0.15) is 5.69 Å². The predicted molar refractivity (Wildman–Crippen MR) is 53.1 cm³/mol. The van der Waals surface area contributed by atoms with Gasteiger partial charge in [-0.15, -0.1) is 0 Å². The zero-order chi connectivity index (χ0) is 9.31. The Hall–Kier alpha value is -1.55. The molecule has 2 rings (SSSR count). The van der Waals surface area contributed by atoms with Gasteiger partial charge in [0, 0.05) is 18.6 Å². The fraction of sp³-hybridized carbons (Fsp3) is 0.222. The molecule has 0 aliphatic carbocycles. The maximum absolute atomic E-state index is 5.83. The van der Waals surface area contributed by atoms with E-state index in [2.05, 4.69) is 15.0 Å². The van der Waals surface area contributed by atoms with Gasteiger partial charge in [0.15, 0.2) is 5.82 Å². The maximum atomic E-state index is 5.83. The van der Waals surface area contributed by atoms with Gasteiger partial charge in [0.2, 0.25) is 0 Å². The van der Waals surface area contributed by atoms with Crippen LogP contribution in [-0.2, 0) is 0 Å². The van der Waals surface area contributed by atoms with E-state index in [4.69, 9.17) is 5.73 Å². The smallest absolute Gasteiger partial charge is 0.177 e. The Morgan fingerprint density at radius 2 is 2.08 bits per heavy atom. The summed E-state index contributed by atoms with van der Waals surface area (Å²) < 4.78 is 0. The molecule has 0 fully saturated rings. The van der Waals surface area contributed by atoms with Crippen molar-refractivity contribution < 1.29 is 0 Å². The van der Waals surface area contributed by atoms with E-state index >= 15 is 0 Å². The number of nitrogens with zero attached hydrogens (tertiary/aromatic N) is 3. The van der Waals surface area contributed by atoms with Crippen molar-refractivity contribution in [2.24, 2.45) is 15.7 Å². The van der Waals surface area contributed by atoms with Crippen LogP contribution in [0.5, 0.6) is 0 Å². The average molecular weight is 174 g/mol. The second-order valence-corrected chi connectivity index (χ2v) is 3.23. The first kappa shape index (κ1) is 8.07. The quantitative estimate of drug-likeness (QED) is 0.642. The molecule has 13 heavy (non-hydrogen) atoms. The highest BCUT2D eigenvalue weighted by atomic mass is 15.0. The number of rotatable bonds is 0. The van der Waals surface area contributed by atoms with E-state index in [1.165, 1.54) is 0 Å². The molecule has 4 heteroatoms. The lowest BCUT2D eigenvalue weighted by Crippen LogP contribution is -2.39. The van der Waals surface area contributed by atoms with Crippen LogP contribution in [0.4, 0.5) is 11.5 Å². The minimum absolute atomic E-state index is 0.583. The first-order valence-corrected chi connectivity index (χ1v) is 4.02. The van der Waals surface area contributed by atoms with E-state index in [0.717, 1.165) is 5.69 Å². The van der Waals surface area contributed by atoms with Gasteiger partial charge in [0.05, 0.1) is 5.54 Å². The van der Waals surface area contributed by atoms with Crippen LogP contribution in [0.3, 0.4) is 0 Å². The molecule has 0 aromatic carbocycles. The number of pyridine rings is 1. The Bertz CT molecular complexity index is 344. The van der Waals surface area contributed by atoms with E-state index in [-0.39, 0.29) is 0 Å². The summed E-state index contributed by atoms with van der Waals surface area (Å²) in [5.41, 5.74) is 6.01. The topological polar surface area (TPSA) is 63.6 Å². The molecule has 0 saturated carbocycles. The van der Waals surface area contributed by atoms with Crippen LogP contribution in [-0.4, -0.2) is 23.0 Å². The van der Waals surface area contributed by atoms with Gasteiger partial charge in [-0.2, -0.15) is 0 Å². The highest BCUT2D eigenvalue weighted by Crippen LogP contribution is 2.25. The largest absolute Gasteiger partial charge is 0.316 e. The van der Waals surface area contributed by atoms with Crippen molar-refractivity contribution in [3.05, 3.63) is 18.3 Å². The average Bonchev–Trinajstić information content (AvgIpc) is 2.27. The van der Waals surface area contributed by atoms with Crippen LogP contribution >= 0.6 is 0 Å². The third kappa shape index (κ3) is 1.62. The predicted octanol–water partition coefficient (Wildman–Crippen LogP) is 1.22. The van der Waals surface area contributed by atoms with Gasteiger partial charge in [-0.05, 0) is 19.1 Å². The number of aliphatic imine (C=N–C) groups is 2. The van der Waals surface area contributed by atoms with Crippen molar-refractivity contribution >= 4 is 23.9 Å². The SMILES string of the molecule is CC1(N)C=Nc2cccnc2N=C1. The molecule has 0 radical (unpaired) electrons. The summed E-state index contributed by atoms with van der Waals surface area (Å²) in [5.74, 6) is 0.618. The Kier molecular flexibility index (Phi) is 1.70. The van der Waals surface area contributed by atoms with Crippen molar-refractivity contribution in [3.8, 4) is 0 Å². The van der Waals surface area contributed by atoms with Gasteiger partial charge in [-0.25, -0.2) is 9.98 Å². The normalized spacial score (nSPS) is 25.4. The molecule has 0 spiro atoms. The van der Waals surface area contributed by atoms with Crippen molar-refractivity contribution in [2.45, 2.75) is 12.5 Å². The van der Waals surface area contributed by atoms with Crippen LogP contribution in [0.15, 0.2) is 28.3 Å². The van der Waals surface area contributed by atoms with Crippen LogP contribution in [0, 0.1) is 0 Å². The lowest BCUT2D eigenvalue weighted by atomic mass is 10.1. The maximum Gasteiger partial charge on any atom is 0.177 e. The van der Waals surface area contributed by atoms with E-state index in [0.29, 0.717) is 5.82 Å². The zero-order valence-corrected chi connectivity index (χ0v) is 7.31. The van der Waals surface area contributed by atoms with Gasteiger partial charge < -0.3 is 5.73 Å². The van der Waals surface area contributed by atoms with Crippen molar-refractivity contribution in [1.82, 2.24) is 4.98 Å². The second-order valence-electron chi connectivity index (χ2n) is 3.23. The Morgan fingerprint density at radius 1 is 1.31 bits per heavy atom. The molecule has 0 bridgehead atoms. The Labute approximate surface area is 76.2 Å². The van der Waals surface area contributed by atoms with Gasteiger partial charge in [0.25, 0.3) is 0 Å². The minimum Gasteiger partial charge on any atom is -0.316 e. The highest BCUT2D eigenvalue weighted by molar-refractivity contribution is 5.97. The fourth-order valence-electron chi connectivity index (χ4n) is 1.03. The van der Waals surface area contributed by atoms with Crippen LogP contribution in [0.25, 0.3) is 0 Å². The Morgan fingerprint density at radius 3 is 2.92 bits per heavy atom. The number of fused-ring (bicyclic) bond motifs is 1. The standard InChI is InChI=1S/C9H10N4/c1-9(10)5-12-7-3-2-4-11-8(7)13-6-9/h2-6H,10H2,1H3. The summed E-state index contributed by atoms with van der Waals surface area (Å²) in [4.78, 5) is 12.4. The van der Waals surface area contributed by atoms with Gasteiger partial charge in [-0.1, -0.05) is 0 Å². The van der Waals surface area contributed by atoms with E-state index in [1.54, 1.807) is 18.6 Å². The third-order valence-electron chi connectivity index (χ3n) is 1.71. The minimum atomic E-state index is -0.583. The van der Waals surface area contributed by atoms with E-state index in [1.807, 2.05) is 19.1 Å². The molecule has 1 aromatic rings. The molecule has 0 amide bonds. The molecule has 1 aromatic heterocycles. The zero-order valence-electron chi connectivity index (χ0n) is 7.31. The monoisotopic (exact) mass is 174 g/mol. The summed E-state index contributed by atoms with van der Waals surface area (Å²) in [5, 5.41) is 0. The van der Waals surface area contributed by atoms with Crippen molar-refractivity contribution in [2.75, 3.05) is 0 Å². The van der Waals surface area contributed by atoms with Crippen molar-refractivity contribution in [3.63, 3.8) is 0 Å². The van der Waals surface area contributed by atoms with E-state index in [9.17, 15) is 0 Å². The molecular weight excluding hydrogens is 164 g/mol. The lowest BCUT2D eigenvalue weighted by molar-refractivity contribution is 0.869. The first-order valence-electron chi connectivity index (χ1n) is 4.02. The molecule has 4 nitrogen and oxygen atoms in total. The van der Waals surface area contributed by atoms with E-state index < -0.39 is 5.54 Å². The summed E-state index contributed by atoms with van der Waals surface area (Å²) >= 11 is 0. The third-order valence-corrected chi connectivity index (χ3v) is 1.71. The number of nitrogens with two attached hydrogens (primary N) is 1. The molecule has 1 atom stereocenters. The van der Waals surface area contributed by atoms with Crippen LogP contribution in [0.2, 0.25) is 0 Å². The fourth-order valence-corrected chi connectivity index (χ4v) is 1.03. The van der Waals surface area contributed by atoms with Crippen LogP contribution in [0.1, 0.15) is 6.92 Å². The molecule has 0 saturated heterocycles. The summed E-state index contributed by atoms with van der Waals surface area (Å²) in [6.07, 6.45) is 5.00. The Balaban J connectivity index is 2.53. The van der Waals surface area contributed by atoms with Crippen LogP contribution < -0.4 is 5.73 Å². The van der Waals surface area contributed by atoms with Gasteiger partial charge in [-0.3, -0.25) is 4.99 Å². The van der Waals surface area contributed by atoms with Crippen molar-refractivity contribution in [1.29, 1.82) is 0 Å². The molecule has 2 N–H and O–H groups in total. The summed E-state index contributed by atoms with van der Waals surface area (Å²) in [6, 6.07) is 3.68. The molecule has 1 aliphatic rings. The molecule has 2 heterocycles. The molecule has 66 valence electrons. The molecule has 1 aliphatic heterocycles. The number of hydrogen-bond donors (Lipinski definition) is 1. The highest BCUT2D eigenvalue weighted by Gasteiger charge is 2.15. The lowest BCUT2D eigenvalue weighted by Gasteiger charge is -2.09.